The normalized spacial score (nSPS) is 17.1. The first-order valence-electron chi connectivity index (χ1n) is 10.0. The summed E-state index contributed by atoms with van der Waals surface area (Å²) >= 11 is 0. The number of imide groups is 1. The Hall–Kier alpha value is -2.99. The SMILES string of the molecule is CCC(CNC(=O)c1ccc2c(c1)C(=O)N(C)C2=O)N1CCc2ccccc2C1. The first-order valence-corrected chi connectivity index (χ1v) is 10.0. The summed E-state index contributed by atoms with van der Waals surface area (Å²) < 4.78 is 0. The molecule has 150 valence electrons. The van der Waals surface area contributed by atoms with E-state index in [0.29, 0.717) is 23.2 Å². The molecular formula is C23H25N3O3. The topological polar surface area (TPSA) is 69.7 Å². The van der Waals surface area contributed by atoms with E-state index in [-0.39, 0.29) is 23.8 Å². The van der Waals surface area contributed by atoms with Crippen molar-refractivity contribution in [2.75, 3.05) is 20.1 Å². The van der Waals surface area contributed by atoms with Crippen molar-refractivity contribution >= 4 is 17.7 Å². The van der Waals surface area contributed by atoms with Crippen LogP contribution in [-0.4, -0.2) is 53.7 Å². The van der Waals surface area contributed by atoms with Crippen LogP contribution in [0.5, 0.6) is 0 Å². The minimum Gasteiger partial charge on any atom is -0.350 e. The van der Waals surface area contributed by atoms with Crippen LogP contribution in [-0.2, 0) is 13.0 Å². The van der Waals surface area contributed by atoms with E-state index in [9.17, 15) is 14.4 Å². The van der Waals surface area contributed by atoms with Gasteiger partial charge in [-0.3, -0.25) is 24.2 Å². The number of carbonyl (C=O) groups excluding carboxylic acids is 3. The van der Waals surface area contributed by atoms with Crippen molar-refractivity contribution in [3.8, 4) is 0 Å². The second-order valence-electron chi connectivity index (χ2n) is 7.69. The fourth-order valence-electron chi connectivity index (χ4n) is 4.18. The average molecular weight is 391 g/mol. The molecule has 4 rings (SSSR count). The Balaban J connectivity index is 1.42. The van der Waals surface area contributed by atoms with E-state index < -0.39 is 0 Å². The van der Waals surface area contributed by atoms with Crippen LogP contribution in [0.15, 0.2) is 42.5 Å². The van der Waals surface area contributed by atoms with Gasteiger partial charge >= 0.3 is 0 Å². The molecule has 0 saturated carbocycles. The molecule has 2 aromatic rings. The molecule has 2 heterocycles. The molecule has 1 N–H and O–H groups in total. The molecule has 3 amide bonds. The van der Waals surface area contributed by atoms with E-state index >= 15 is 0 Å². The molecule has 0 spiro atoms. The van der Waals surface area contributed by atoms with Gasteiger partial charge in [-0.25, -0.2) is 0 Å². The highest BCUT2D eigenvalue weighted by Crippen LogP contribution is 2.23. The minimum atomic E-state index is -0.363. The second-order valence-corrected chi connectivity index (χ2v) is 7.69. The van der Waals surface area contributed by atoms with Crippen LogP contribution in [0.3, 0.4) is 0 Å². The number of nitrogens with zero attached hydrogens (tertiary/aromatic N) is 2. The molecule has 0 aromatic heterocycles. The van der Waals surface area contributed by atoms with Crippen LogP contribution in [0.25, 0.3) is 0 Å². The lowest BCUT2D eigenvalue weighted by atomic mass is 9.98. The molecule has 2 aromatic carbocycles. The number of carbonyl (C=O) groups is 3. The number of hydrogen-bond acceptors (Lipinski definition) is 4. The summed E-state index contributed by atoms with van der Waals surface area (Å²) in [4.78, 5) is 40.3. The van der Waals surface area contributed by atoms with E-state index in [2.05, 4.69) is 41.4 Å². The van der Waals surface area contributed by atoms with Crippen molar-refractivity contribution in [1.82, 2.24) is 15.1 Å². The maximum atomic E-state index is 12.7. The van der Waals surface area contributed by atoms with E-state index in [1.54, 1.807) is 12.1 Å². The second kappa shape index (κ2) is 7.79. The fourth-order valence-corrected chi connectivity index (χ4v) is 4.18. The first kappa shape index (κ1) is 19.3. The Morgan fingerprint density at radius 1 is 1.07 bits per heavy atom. The van der Waals surface area contributed by atoms with Crippen molar-refractivity contribution in [1.29, 1.82) is 0 Å². The number of nitrogens with one attached hydrogen (secondary N) is 1. The highest BCUT2D eigenvalue weighted by molar-refractivity contribution is 6.21. The molecule has 0 radical (unpaired) electrons. The Morgan fingerprint density at radius 2 is 1.79 bits per heavy atom. The molecule has 0 saturated heterocycles. The summed E-state index contributed by atoms with van der Waals surface area (Å²) in [5, 5.41) is 3.01. The van der Waals surface area contributed by atoms with Gasteiger partial charge in [0.05, 0.1) is 11.1 Å². The predicted octanol–water partition coefficient (Wildman–Crippen LogP) is 2.48. The molecule has 29 heavy (non-hydrogen) atoms. The maximum Gasteiger partial charge on any atom is 0.261 e. The molecule has 6 heteroatoms. The molecule has 2 aliphatic rings. The number of rotatable bonds is 5. The van der Waals surface area contributed by atoms with Crippen LogP contribution in [0.1, 0.15) is 55.5 Å². The van der Waals surface area contributed by atoms with Crippen LogP contribution in [0, 0.1) is 0 Å². The van der Waals surface area contributed by atoms with E-state index in [0.717, 1.165) is 30.8 Å². The number of hydrogen-bond donors (Lipinski definition) is 1. The summed E-state index contributed by atoms with van der Waals surface area (Å²) in [6.45, 7) is 4.55. The average Bonchev–Trinajstić information content (AvgIpc) is 2.97. The zero-order valence-electron chi connectivity index (χ0n) is 16.8. The molecule has 0 fully saturated rings. The number of benzene rings is 2. The van der Waals surface area contributed by atoms with Gasteiger partial charge in [0.15, 0.2) is 0 Å². The first-order chi connectivity index (χ1) is 14.0. The standard InChI is InChI=1S/C23H25N3O3/c1-3-18(26-11-10-15-6-4-5-7-17(15)14-26)13-24-21(27)16-8-9-19-20(12-16)23(29)25(2)22(19)28/h4-9,12,18H,3,10-11,13-14H2,1-2H3,(H,24,27). The van der Waals surface area contributed by atoms with Gasteiger partial charge in [-0.05, 0) is 42.2 Å². The Labute approximate surface area is 170 Å². The van der Waals surface area contributed by atoms with Gasteiger partial charge in [0.2, 0.25) is 0 Å². The van der Waals surface area contributed by atoms with Gasteiger partial charge in [-0.15, -0.1) is 0 Å². The molecule has 1 unspecified atom stereocenters. The van der Waals surface area contributed by atoms with E-state index in [4.69, 9.17) is 0 Å². The summed E-state index contributed by atoms with van der Waals surface area (Å²) in [6, 6.07) is 13.5. The van der Waals surface area contributed by atoms with Crippen molar-refractivity contribution in [3.05, 3.63) is 70.3 Å². The lowest BCUT2D eigenvalue weighted by Crippen LogP contribution is -2.45. The largest absolute Gasteiger partial charge is 0.350 e. The fraction of sp³-hybridized carbons (Fsp3) is 0.348. The summed E-state index contributed by atoms with van der Waals surface area (Å²) in [6.07, 6.45) is 1.96. The highest BCUT2D eigenvalue weighted by Gasteiger charge is 2.33. The van der Waals surface area contributed by atoms with Gasteiger partial charge in [0.25, 0.3) is 17.7 Å². The van der Waals surface area contributed by atoms with Gasteiger partial charge in [0, 0.05) is 38.3 Å². The van der Waals surface area contributed by atoms with Crippen LogP contribution in [0.4, 0.5) is 0 Å². The molecular weight excluding hydrogens is 366 g/mol. The van der Waals surface area contributed by atoms with Gasteiger partial charge in [-0.1, -0.05) is 31.2 Å². The van der Waals surface area contributed by atoms with E-state index in [1.807, 2.05) is 0 Å². The molecule has 0 aliphatic carbocycles. The molecule has 2 aliphatic heterocycles. The lowest BCUT2D eigenvalue weighted by Gasteiger charge is -2.35. The summed E-state index contributed by atoms with van der Waals surface area (Å²) in [5.74, 6) is -0.912. The highest BCUT2D eigenvalue weighted by atomic mass is 16.2. The van der Waals surface area contributed by atoms with Crippen molar-refractivity contribution < 1.29 is 14.4 Å². The zero-order valence-corrected chi connectivity index (χ0v) is 16.8. The monoisotopic (exact) mass is 391 g/mol. The maximum absolute atomic E-state index is 12.7. The number of fused-ring (bicyclic) bond motifs is 2. The third-order valence-electron chi connectivity index (χ3n) is 6.00. The molecule has 6 nitrogen and oxygen atoms in total. The van der Waals surface area contributed by atoms with Crippen molar-refractivity contribution in [2.45, 2.75) is 32.4 Å². The minimum absolute atomic E-state index is 0.224. The van der Waals surface area contributed by atoms with Crippen LogP contribution >= 0.6 is 0 Å². The number of amides is 3. The van der Waals surface area contributed by atoms with Gasteiger partial charge < -0.3 is 5.32 Å². The Bertz CT molecular complexity index is 985. The third kappa shape index (κ3) is 3.56. The smallest absolute Gasteiger partial charge is 0.261 e. The van der Waals surface area contributed by atoms with Gasteiger partial charge in [0.1, 0.15) is 0 Å². The summed E-state index contributed by atoms with van der Waals surface area (Å²) in [7, 11) is 1.45. The zero-order chi connectivity index (χ0) is 20.5. The molecule has 1 atom stereocenters. The summed E-state index contributed by atoms with van der Waals surface area (Å²) in [5.41, 5.74) is 3.82. The van der Waals surface area contributed by atoms with Crippen LogP contribution in [0.2, 0.25) is 0 Å². The predicted molar refractivity (Wildman–Crippen MR) is 110 cm³/mol. The lowest BCUT2D eigenvalue weighted by molar-refractivity contribution is 0.0693. The molecule has 0 bridgehead atoms. The van der Waals surface area contributed by atoms with Crippen LogP contribution < -0.4 is 5.32 Å². The van der Waals surface area contributed by atoms with Gasteiger partial charge in [-0.2, -0.15) is 0 Å². The van der Waals surface area contributed by atoms with Crippen molar-refractivity contribution in [3.63, 3.8) is 0 Å². The van der Waals surface area contributed by atoms with Crippen molar-refractivity contribution in [2.24, 2.45) is 0 Å². The third-order valence-corrected chi connectivity index (χ3v) is 6.00. The van der Waals surface area contributed by atoms with E-state index in [1.165, 1.54) is 24.2 Å². The quantitative estimate of drug-likeness (QED) is 0.795. The Kier molecular flexibility index (Phi) is 5.20. The Morgan fingerprint density at radius 3 is 2.55 bits per heavy atom.